The average Bonchev–Trinajstić information content (AvgIpc) is 2.44. The van der Waals surface area contributed by atoms with Crippen molar-refractivity contribution in [1.82, 2.24) is 0 Å². The average molecular weight is 387 g/mol. The molecule has 0 spiro atoms. The number of carbonyl (C=O) groups is 1. The molecule has 0 aliphatic rings. The van der Waals surface area contributed by atoms with Crippen LogP contribution in [0.4, 0.5) is 10.1 Å². The molecular weight excluding hydrogens is 371 g/mol. The number of amides is 1. The Bertz CT molecular complexity index is 664. The van der Waals surface area contributed by atoms with Crippen LogP contribution in [0.25, 0.3) is 0 Å². The van der Waals surface area contributed by atoms with E-state index < -0.39 is 5.82 Å². The van der Waals surface area contributed by atoms with Crippen LogP contribution >= 0.6 is 27.5 Å². The summed E-state index contributed by atoms with van der Waals surface area (Å²) in [5.74, 6) is -0.593. The molecule has 2 aromatic carbocycles. The lowest BCUT2D eigenvalue weighted by Crippen LogP contribution is -3.08. The Morgan fingerprint density at radius 1 is 1.27 bits per heavy atom. The zero-order valence-corrected chi connectivity index (χ0v) is 14.3. The Labute approximate surface area is 142 Å². The lowest BCUT2D eigenvalue weighted by Gasteiger charge is -2.14. The molecule has 0 aliphatic carbocycles. The molecule has 22 heavy (non-hydrogen) atoms. The molecule has 0 aliphatic heterocycles. The molecule has 1 amide bonds. The molecule has 0 saturated carbocycles. The van der Waals surface area contributed by atoms with E-state index >= 15 is 0 Å². The Morgan fingerprint density at radius 3 is 2.59 bits per heavy atom. The summed E-state index contributed by atoms with van der Waals surface area (Å²) >= 11 is 9.28. The highest BCUT2D eigenvalue weighted by molar-refractivity contribution is 9.10. The van der Waals surface area contributed by atoms with Crippen molar-refractivity contribution in [1.29, 1.82) is 0 Å². The highest BCUT2D eigenvalue weighted by Crippen LogP contribution is 2.22. The minimum absolute atomic E-state index is 0.164. The van der Waals surface area contributed by atoms with Crippen LogP contribution in [0.5, 0.6) is 0 Å². The maximum atomic E-state index is 13.0. The Kier molecular flexibility index (Phi) is 5.94. The predicted octanol–water partition coefficient (Wildman–Crippen LogP) is 2.90. The fourth-order valence-corrected chi connectivity index (χ4v) is 2.55. The van der Waals surface area contributed by atoms with E-state index in [0.717, 1.165) is 21.5 Å². The quantitative estimate of drug-likeness (QED) is 0.814. The fraction of sp³-hybridized carbons (Fsp3) is 0.188. The summed E-state index contributed by atoms with van der Waals surface area (Å²) in [7, 11) is 1.94. The van der Waals surface area contributed by atoms with Gasteiger partial charge in [0, 0.05) is 10.0 Å². The zero-order valence-electron chi connectivity index (χ0n) is 12.0. The highest BCUT2D eigenvalue weighted by Gasteiger charge is 2.12. The second-order valence-electron chi connectivity index (χ2n) is 5.11. The van der Waals surface area contributed by atoms with E-state index in [0.29, 0.717) is 12.2 Å². The van der Waals surface area contributed by atoms with E-state index in [1.54, 1.807) is 0 Å². The lowest BCUT2D eigenvalue weighted by molar-refractivity contribution is -0.885. The van der Waals surface area contributed by atoms with Crippen molar-refractivity contribution in [3.05, 3.63) is 63.3 Å². The largest absolute Gasteiger partial charge is 0.326 e. The van der Waals surface area contributed by atoms with E-state index in [4.69, 9.17) is 11.6 Å². The maximum Gasteiger partial charge on any atom is 0.279 e. The summed E-state index contributed by atoms with van der Waals surface area (Å²) in [6.45, 7) is 1.03. The summed E-state index contributed by atoms with van der Waals surface area (Å²) in [5.41, 5.74) is 1.57. The van der Waals surface area contributed by atoms with Gasteiger partial charge in [-0.1, -0.05) is 39.7 Å². The third-order valence-electron chi connectivity index (χ3n) is 3.09. The number of hydrogen-bond donors (Lipinski definition) is 2. The number of likely N-dealkylation sites (N-methyl/N-ethyl adjacent to an activating group) is 1. The fourth-order valence-electron chi connectivity index (χ4n) is 2.07. The van der Waals surface area contributed by atoms with Crippen LogP contribution in [0.1, 0.15) is 5.56 Å². The van der Waals surface area contributed by atoms with E-state index in [2.05, 4.69) is 21.2 Å². The number of benzene rings is 2. The molecule has 2 aromatic rings. The molecule has 116 valence electrons. The van der Waals surface area contributed by atoms with E-state index in [-0.39, 0.29) is 10.9 Å². The minimum atomic E-state index is -0.430. The number of carbonyl (C=O) groups excluding carboxylic acids is 1. The Hall–Kier alpha value is -1.43. The van der Waals surface area contributed by atoms with Gasteiger partial charge in [0.05, 0.1) is 17.8 Å². The third-order valence-corrected chi connectivity index (χ3v) is 3.93. The van der Waals surface area contributed by atoms with Gasteiger partial charge in [-0.3, -0.25) is 4.79 Å². The van der Waals surface area contributed by atoms with Crippen LogP contribution < -0.4 is 10.2 Å². The van der Waals surface area contributed by atoms with Crippen LogP contribution in [-0.4, -0.2) is 19.5 Å². The summed E-state index contributed by atoms with van der Waals surface area (Å²) in [6.07, 6.45) is 0. The van der Waals surface area contributed by atoms with Crippen LogP contribution in [-0.2, 0) is 11.3 Å². The molecule has 1 atom stereocenters. The zero-order chi connectivity index (χ0) is 16.1. The van der Waals surface area contributed by atoms with Gasteiger partial charge in [-0.05, 0) is 30.3 Å². The molecule has 0 saturated heterocycles. The molecule has 0 radical (unpaired) electrons. The van der Waals surface area contributed by atoms with Crippen molar-refractivity contribution in [2.75, 3.05) is 18.9 Å². The monoisotopic (exact) mass is 385 g/mol. The van der Waals surface area contributed by atoms with Crippen molar-refractivity contribution in [2.45, 2.75) is 6.54 Å². The topological polar surface area (TPSA) is 33.5 Å². The smallest absolute Gasteiger partial charge is 0.279 e. The number of halogens is 3. The SMILES string of the molecule is C[NH+](CC(=O)Nc1ccc(F)cc1Cl)Cc1ccc(Br)cc1. The Morgan fingerprint density at radius 2 is 1.95 bits per heavy atom. The van der Waals surface area contributed by atoms with Gasteiger partial charge in [0.15, 0.2) is 6.54 Å². The molecule has 2 N–H and O–H groups in total. The first kappa shape index (κ1) is 16.9. The Balaban J connectivity index is 1.89. The summed E-state index contributed by atoms with van der Waals surface area (Å²) in [5, 5.41) is 2.89. The predicted molar refractivity (Wildman–Crippen MR) is 89.6 cm³/mol. The second kappa shape index (κ2) is 7.72. The standard InChI is InChI=1S/C16H15BrClFN2O/c1-21(9-11-2-4-12(17)5-3-11)10-16(22)20-15-7-6-13(19)8-14(15)18/h2-8H,9-10H2,1H3,(H,20,22)/p+1. The van der Waals surface area contributed by atoms with Crippen LogP contribution in [0.2, 0.25) is 5.02 Å². The maximum absolute atomic E-state index is 13.0. The number of nitrogens with one attached hydrogen (secondary N) is 2. The molecule has 2 rings (SSSR count). The van der Waals surface area contributed by atoms with E-state index in [1.165, 1.54) is 18.2 Å². The molecule has 0 aromatic heterocycles. The minimum Gasteiger partial charge on any atom is -0.326 e. The highest BCUT2D eigenvalue weighted by atomic mass is 79.9. The van der Waals surface area contributed by atoms with Crippen molar-refractivity contribution < 1.29 is 14.1 Å². The summed E-state index contributed by atoms with van der Waals surface area (Å²) in [6, 6.07) is 11.9. The van der Waals surface area contributed by atoms with Crippen molar-refractivity contribution >= 4 is 39.1 Å². The van der Waals surface area contributed by atoms with Crippen LogP contribution in [0.15, 0.2) is 46.9 Å². The molecule has 1 unspecified atom stereocenters. The van der Waals surface area contributed by atoms with Crippen molar-refractivity contribution in [2.24, 2.45) is 0 Å². The summed E-state index contributed by atoms with van der Waals surface area (Å²) in [4.78, 5) is 13.1. The second-order valence-corrected chi connectivity index (χ2v) is 6.43. The third kappa shape index (κ3) is 5.09. The van der Waals surface area contributed by atoms with Gasteiger partial charge in [-0.15, -0.1) is 0 Å². The van der Waals surface area contributed by atoms with Gasteiger partial charge in [-0.2, -0.15) is 0 Å². The van der Waals surface area contributed by atoms with Gasteiger partial charge >= 0.3 is 0 Å². The first-order valence-corrected chi connectivity index (χ1v) is 7.92. The molecule has 3 nitrogen and oxygen atoms in total. The molecule has 0 bridgehead atoms. The molecule has 6 heteroatoms. The van der Waals surface area contributed by atoms with E-state index in [1.807, 2.05) is 31.3 Å². The molecule has 0 fully saturated rings. The van der Waals surface area contributed by atoms with E-state index in [9.17, 15) is 9.18 Å². The van der Waals surface area contributed by atoms with Gasteiger partial charge in [-0.25, -0.2) is 4.39 Å². The molecular formula is C16H16BrClFN2O+. The van der Waals surface area contributed by atoms with Crippen molar-refractivity contribution in [3.63, 3.8) is 0 Å². The number of anilines is 1. The number of quaternary nitrogens is 1. The number of hydrogen-bond acceptors (Lipinski definition) is 1. The van der Waals surface area contributed by atoms with Crippen molar-refractivity contribution in [3.8, 4) is 0 Å². The normalized spacial score (nSPS) is 12.0. The lowest BCUT2D eigenvalue weighted by atomic mass is 10.2. The van der Waals surface area contributed by atoms with Gasteiger partial charge in [0.25, 0.3) is 5.91 Å². The van der Waals surface area contributed by atoms with Crippen LogP contribution in [0.3, 0.4) is 0 Å². The number of rotatable bonds is 5. The van der Waals surface area contributed by atoms with Gasteiger partial charge in [0.1, 0.15) is 12.4 Å². The molecule has 0 heterocycles. The first-order chi connectivity index (χ1) is 10.4. The van der Waals surface area contributed by atoms with Gasteiger partial charge in [0.2, 0.25) is 0 Å². The van der Waals surface area contributed by atoms with Crippen LogP contribution in [0, 0.1) is 5.82 Å². The van der Waals surface area contributed by atoms with Gasteiger partial charge < -0.3 is 10.2 Å². The first-order valence-electron chi connectivity index (χ1n) is 6.74. The summed E-state index contributed by atoms with van der Waals surface area (Å²) < 4.78 is 14.0.